The summed E-state index contributed by atoms with van der Waals surface area (Å²) in [4.78, 5) is 0. The number of aromatic nitrogens is 6. The topological polar surface area (TPSA) is 72.9 Å². The third-order valence-electron chi connectivity index (χ3n) is 4.81. The maximum atomic E-state index is 13.1. The van der Waals surface area contributed by atoms with Crippen molar-refractivity contribution < 1.29 is 26.3 Å². The fourth-order valence-corrected chi connectivity index (χ4v) is 3.26. The summed E-state index contributed by atoms with van der Waals surface area (Å²) >= 11 is 0. The van der Waals surface area contributed by atoms with Gasteiger partial charge in [-0.15, -0.1) is 15.3 Å². The normalized spacial score (nSPS) is 13.5. The van der Waals surface area contributed by atoms with E-state index in [1.165, 1.54) is 35.1 Å². The molecule has 1 N–H and O–H groups in total. The van der Waals surface area contributed by atoms with Gasteiger partial charge in [-0.25, -0.2) is 4.68 Å². The molecule has 0 fully saturated rings. The molecule has 0 saturated carbocycles. The zero-order chi connectivity index (χ0) is 23.3. The predicted octanol–water partition coefficient (Wildman–Crippen LogP) is 4.83. The van der Waals surface area contributed by atoms with Crippen LogP contribution in [0.25, 0.3) is 11.3 Å². The van der Waals surface area contributed by atoms with Crippen LogP contribution in [0.3, 0.4) is 0 Å². The molecule has 0 aliphatic carbocycles. The maximum Gasteiger partial charge on any atom is 0.453 e. The first kappa shape index (κ1) is 21.6. The summed E-state index contributed by atoms with van der Waals surface area (Å²) in [6, 6.07) is 7.06. The van der Waals surface area contributed by atoms with E-state index in [0.29, 0.717) is 15.8 Å². The van der Waals surface area contributed by atoms with Crippen molar-refractivity contribution in [3.8, 4) is 5.69 Å². The standard InChI is InChI=1S/C19H15F6N7/c1-10(27-15-6-7-16-28-29-17(19(23,24)25)32(16)30-15)14-9-26-31(11(14)2)13-5-3-4-12(8-13)18(20,21)22/h3-10H,1-2H3,(H,27,30)/t10-/m0/s1. The van der Waals surface area contributed by atoms with Gasteiger partial charge in [0.1, 0.15) is 5.82 Å². The van der Waals surface area contributed by atoms with Crippen LogP contribution in [0.4, 0.5) is 32.2 Å². The Morgan fingerprint density at radius 2 is 1.72 bits per heavy atom. The molecular weight excluding hydrogens is 440 g/mol. The number of hydrogen-bond donors (Lipinski definition) is 1. The first-order chi connectivity index (χ1) is 14.9. The van der Waals surface area contributed by atoms with Gasteiger partial charge in [0, 0.05) is 11.3 Å². The highest BCUT2D eigenvalue weighted by Crippen LogP contribution is 2.31. The molecule has 0 amide bonds. The van der Waals surface area contributed by atoms with Crippen LogP contribution in [-0.2, 0) is 12.4 Å². The number of anilines is 1. The molecule has 0 unspecified atom stereocenters. The van der Waals surface area contributed by atoms with E-state index in [4.69, 9.17) is 0 Å². The summed E-state index contributed by atoms with van der Waals surface area (Å²) < 4.78 is 80.2. The van der Waals surface area contributed by atoms with Crippen molar-refractivity contribution in [3.63, 3.8) is 0 Å². The van der Waals surface area contributed by atoms with Gasteiger partial charge in [-0.2, -0.15) is 36.0 Å². The lowest BCUT2D eigenvalue weighted by Crippen LogP contribution is -2.15. The van der Waals surface area contributed by atoms with Gasteiger partial charge in [-0.05, 0) is 44.2 Å². The van der Waals surface area contributed by atoms with Crippen LogP contribution in [0.2, 0.25) is 0 Å². The zero-order valence-electron chi connectivity index (χ0n) is 16.6. The second kappa shape index (κ2) is 7.50. The van der Waals surface area contributed by atoms with Crippen LogP contribution in [0.5, 0.6) is 0 Å². The maximum absolute atomic E-state index is 13.1. The Kier molecular flexibility index (Phi) is 5.06. The number of nitrogens with zero attached hydrogens (tertiary/aromatic N) is 6. The molecule has 0 saturated heterocycles. The summed E-state index contributed by atoms with van der Waals surface area (Å²) in [7, 11) is 0. The van der Waals surface area contributed by atoms with Crippen LogP contribution in [-0.4, -0.2) is 29.6 Å². The average Bonchev–Trinajstić information content (AvgIpc) is 3.30. The van der Waals surface area contributed by atoms with Crippen molar-refractivity contribution in [3.05, 3.63) is 65.2 Å². The van der Waals surface area contributed by atoms with Gasteiger partial charge in [-0.1, -0.05) is 6.07 Å². The molecule has 0 aliphatic heterocycles. The largest absolute Gasteiger partial charge is 0.453 e. The van der Waals surface area contributed by atoms with Crippen LogP contribution in [0.15, 0.2) is 42.6 Å². The summed E-state index contributed by atoms with van der Waals surface area (Å²) in [5.74, 6) is -1.13. The Hall–Kier alpha value is -3.64. The minimum absolute atomic E-state index is 0.0657. The van der Waals surface area contributed by atoms with Crippen molar-refractivity contribution in [1.82, 2.24) is 29.6 Å². The van der Waals surface area contributed by atoms with Crippen LogP contribution < -0.4 is 5.32 Å². The molecule has 3 aromatic heterocycles. The zero-order valence-corrected chi connectivity index (χ0v) is 16.6. The van der Waals surface area contributed by atoms with E-state index in [2.05, 4.69) is 25.7 Å². The van der Waals surface area contributed by atoms with Crippen LogP contribution in [0.1, 0.15) is 35.6 Å². The van der Waals surface area contributed by atoms with Gasteiger partial charge >= 0.3 is 12.4 Å². The lowest BCUT2D eigenvalue weighted by molar-refractivity contribution is -0.146. The van der Waals surface area contributed by atoms with Crippen molar-refractivity contribution in [1.29, 1.82) is 0 Å². The molecule has 7 nitrogen and oxygen atoms in total. The molecule has 1 aromatic carbocycles. The van der Waals surface area contributed by atoms with Gasteiger partial charge in [0.25, 0.3) is 5.82 Å². The van der Waals surface area contributed by atoms with E-state index in [1.807, 2.05) is 0 Å². The van der Waals surface area contributed by atoms with Crippen LogP contribution >= 0.6 is 0 Å². The molecule has 0 bridgehead atoms. The number of fused-ring (bicyclic) bond motifs is 1. The van der Waals surface area contributed by atoms with E-state index >= 15 is 0 Å². The average molecular weight is 455 g/mol. The Labute approximate surface area is 176 Å². The molecule has 13 heteroatoms. The number of halogens is 6. The first-order valence-electron chi connectivity index (χ1n) is 9.23. The van der Waals surface area contributed by atoms with Gasteiger partial charge in [-0.3, -0.25) is 0 Å². The summed E-state index contributed by atoms with van der Waals surface area (Å²) in [6.07, 6.45) is -7.73. The van der Waals surface area contributed by atoms with E-state index in [0.717, 1.165) is 12.1 Å². The third-order valence-corrected chi connectivity index (χ3v) is 4.81. The molecule has 0 aliphatic rings. The SMILES string of the molecule is Cc1c([C@H](C)Nc2ccc3nnc(C(F)(F)F)n3n2)cnn1-c1cccc(C(F)(F)F)c1. The number of alkyl halides is 6. The summed E-state index contributed by atoms with van der Waals surface area (Å²) in [6.45, 7) is 3.40. The predicted molar refractivity (Wildman–Crippen MR) is 101 cm³/mol. The second-order valence-corrected chi connectivity index (χ2v) is 7.02. The van der Waals surface area contributed by atoms with Crippen molar-refractivity contribution in [2.75, 3.05) is 5.32 Å². The third kappa shape index (κ3) is 3.97. The number of benzene rings is 1. The molecule has 32 heavy (non-hydrogen) atoms. The monoisotopic (exact) mass is 455 g/mol. The first-order valence-corrected chi connectivity index (χ1v) is 9.23. The Morgan fingerprint density at radius 3 is 2.41 bits per heavy atom. The highest BCUT2D eigenvalue weighted by atomic mass is 19.4. The molecule has 0 radical (unpaired) electrons. The highest BCUT2D eigenvalue weighted by Gasteiger charge is 2.37. The Bertz CT molecular complexity index is 1270. The molecule has 4 rings (SSSR count). The molecule has 168 valence electrons. The van der Waals surface area contributed by atoms with Crippen molar-refractivity contribution >= 4 is 11.5 Å². The molecule has 0 spiro atoms. The summed E-state index contributed by atoms with van der Waals surface area (Å²) in [5.41, 5.74) is 0.554. The molecule has 4 aromatic rings. The van der Waals surface area contributed by atoms with E-state index in [-0.39, 0.29) is 17.2 Å². The smallest absolute Gasteiger partial charge is 0.362 e. The molecule has 3 heterocycles. The Balaban J connectivity index is 1.62. The van der Waals surface area contributed by atoms with Crippen LogP contribution in [0, 0.1) is 6.92 Å². The minimum Gasteiger partial charge on any atom is -0.362 e. The molecule has 1 atom stereocenters. The fourth-order valence-electron chi connectivity index (χ4n) is 3.26. The lowest BCUT2D eigenvalue weighted by Gasteiger charge is -2.15. The van der Waals surface area contributed by atoms with Gasteiger partial charge in [0.05, 0.1) is 23.5 Å². The highest BCUT2D eigenvalue weighted by molar-refractivity contribution is 5.46. The number of rotatable bonds is 4. The fraction of sp³-hybridized carbons (Fsp3) is 0.263. The lowest BCUT2D eigenvalue weighted by atomic mass is 10.1. The summed E-state index contributed by atoms with van der Waals surface area (Å²) in [5, 5.41) is 17.6. The van der Waals surface area contributed by atoms with Gasteiger partial charge in [0.2, 0.25) is 0 Å². The van der Waals surface area contributed by atoms with Gasteiger partial charge in [0.15, 0.2) is 5.65 Å². The van der Waals surface area contributed by atoms with Crippen molar-refractivity contribution in [2.45, 2.75) is 32.2 Å². The van der Waals surface area contributed by atoms with E-state index in [1.54, 1.807) is 13.8 Å². The quantitative estimate of drug-likeness (QED) is 0.447. The Morgan fingerprint density at radius 1 is 0.969 bits per heavy atom. The number of nitrogens with one attached hydrogen (secondary N) is 1. The van der Waals surface area contributed by atoms with E-state index in [9.17, 15) is 26.3 Å². The van der Waals surface area contributed by atoms with Gasteiger partial charge < -0.3 is 5.32 Å². The molecular formula is C19H15F6N7. The second-order valence-electron chi connectivity index (χ2n) is 7.02. The number of hydrogen-bond acceptors (Lipinski definition) is 5. The van der Waals surface area contributed by atoms with E-state index < -0.39 is 29.8 Å². The minimum atomic E-state index is -4.72. The van der Waals surface area contributed by atoms with Crippen molar-refractivity contribution in [2.24, 2.45) is 0 Å².